The fourth-order valence-corrected chi connectivity index (χ4v) is 2.88. The number of carbonyl (C=O) groups is 1. The summed E-state index contributed by atoms with van der Waals surface area (Å²) >= 11 is 0. The number of aliphatic hydroxyl groups is 1. The lowest BCUT2D eigenvalue weighted by Crippen LogP contribution is -2.14. The van der Waals surface area contributed by atoms with Crippen molar-refractivity contribution in [3.05, 3.63) is 29.8 Å². The van der Waals surface area contributed by atoms with Crippen molar-refractivity contribution in [2.75, 3.05) is 5.32 Å². The van der Waals surface area contributed by atoms with Crippen LogP contribution in [0.3, 0.4) is 0 Å². The molecule has 0 saturated heterocycles. The Morgan fingerprint density at radius 1 is 1.25 bits per heavy atom. The van der Waals surface area contributed by atoms with Crippen LogP contribution in [-0.4, -0.2) is 11.0 Å². The molecule has 1 saturated carbocycles. The summed E-state index contributed by atoms with van der Waals surface area (Å²) in [7, 11) is 0. The summed E-state index contributed by atoms with van der Waals surface area (Å²) < 4.78 is 0. The molecule has 1 unspecified atom stereocenters. The van der Waals surface area contributed by atoms with E-state index in [9.17, 15) is 9.90 Å². The van der Waals surface area contributed by atoms with E-state index < -0.39 is 6.10 Å². The van der Waals surface area contributed by atoms with Crippen LogP contribution < -0.4 is 5.32 Å². The highest BCUT2D eigenvalue weighted by atomic mass is 16.3. The Hall–Kier alpha value is -1.35. The van der Waals surface area contributed by atoms with E-state index in [1.165, 1.54) is 32.1 Å². The van der Waals surface area contributed by atoms with Gasteiger partial charge in [0.25, 0.3) is 0 Å². The van der Waals surface area contributed by atoms with Gasteiger partial charge in [-0.1, -0.05) is 44.2 Å². The summed E-state index contributed by atoms with van der Waals surface area (Å²) in [6.45, 7) is 1.73. The van der Waals surface area contributed by atoms with E-state index in [-0.39, 0.29) is 5.91 Å². The van der Waals surface area contributed by atoms with Crippen molar-refractivity contribution in [1.82, 2.24) is 0 Å². The van der Waals surface area contributed by atoms with Crippen molar-refractivity contribution in [2.24, 2.45) is 5.92 Å². The molecule has 3 heteroatoms. The number of rotatable bonds is 5. The van der Waals surface area contributed by atoms with Crippen LogP contribution in [0.4, 0.5) is 5.69 Å². The minimum absolute atomic E-state index is 0.0976. The molecule has 2 N–H and O–H groups in total. The Balaban J connectivity index is 1.75. The topological polar surface area (TPSA) is 49.3 Å². The molecule has 1 fully saturated rings. The molecule has 3 nitrogen and oxygen atoms in total. The molecular formula is C17H25NO2. The van der Waals surface area contributed by atoms with Crippen LogP contribution in [0.25, 0.3) is 0 Å². The zero-order chi connectivity index (χ0) is 14.4. The minimum atomic E-state index is -0.467. The van der Waals surface area contributed by atoms with Crippen molar-refractivity contribution in [3.63, 3.8) is 0 Å². The predicted molar refractivity (Wildman–Crippen MR) is 81.5 cm³/mol. The van der Waals surface area contributed by atoms with Gasteiger partial charge in [-0.15, -0.1) is 0 Å². The number of benzene rings is 1. The molecule has 2 rings (SSSR count). The van der Waals surface area contributed by atoms with Crippen LogP contribution in [-0.2, 0) is 4.79 Å². The monoisotopic (exact) mass is 275 g/mol. The number of aliphatic hydroxyl groups excluding tert-OH is 1. The maximum Gasteiger partial charge on any atom is 0.224 e. The van der Waals surface area contributed by atoms with Crippen LogP contribution in [0.5, 0.6) is 0 Å². The molecule has 1 aromatic carbocycles. The second-order valence-corrected chi connectivity index (χ2v) is 5.89. The predicted octanol–water partition coefficient (Wildman–Crippen LogP) is 4.04. The minimum Gasteiger partial charge on any atom is -0.389 e. The van der Waals surface area contributed by atoms with Gasteiger partial charge in [-0.25, -0.2) is 0 Å². The van der Waals surface area contributed by atoms with E-state index in [1.807, 2.05) is 24.3 Å². The van der Waals surface area contributed by atoms with Gasteiger partial charge in [0.2, 0.25) is 5.91 Å². The number of carbonyl (C=O) groups excluding carboxylic acids is 1. The molecule has 1 aliphatic rings. The van der Waals surface area contributed by atoms with Crippen molar-refractivity contribution in [2.45, 2.75) is 58.0 Å². The zero-order valence-corrected chi connectivity index (χ0v) is 12.3. The van der Waals surface area contributed by atoms with Gasteiger partial charge in [0, 0.05) is 12.1 Å². The fraction of sp³-hybridized carbons (Fsp3) is 0.588. The highest BCUT2D eigenvalue weighted by Crippen LogP contribution is 2.27. The Kier molecular flexibility index (Phi) is 5.60. The Morgan fingerprint density at radius 3 is 2.50 bits per heavy atom. The lowest BCUT2D eigenvalue weighted by atomic mass is 9.86. The molecule has 0 radical (unpaired) electrons. The van der Waals surface area contributed by atoms with Crippen LogP contribution in [0.15, 0.2) is 24.3 Å². The third-order valence-electron chi connectivity index (χ3n) is 4.18. The number of hydrogen-bond acceptors (Lipinski definition) is 2. The normalized spacial score (nSPS) is 17.7. The van der Waals surface area contributed by atoms with Gasteiger partial charge < -0.3 is 10.4 Å². The average molecular weight is 275 g/mol. The number of hydrogen-bond donors (Lipinski definition) is 2. The van der Waals surface area contributed by atoms with Crippen molar-refractivity contribution in [3.8, 4) is 0 Å². The first-order valence-electron chi connectivity index (χ1n) is 7.73. The molecule has 0 aromatic heterocycles. The SMILES string of the molecule is CC(O)c1ccc(NC(=O)CCC2CCCCC2)cc1. The highest BCUT2D eigenvalue weighted by molar-refractivity contribution is 5.90. The first-order chi connectivity index (χ1) is 9.65. The lowest BCUT2D eigenvalue weighted by molar-refractivity contribution is -0.116. The molecule has 20 heavy (non-hydrogen) atoms. The maximum absolute atomic E-state index is 11.9. The molecule has 0 aliphatic heterocycles. The molecule has 1 amide bonds. The first-order valence-corrected chi connectivity index (χ1v) is 7.73. The van der Waals surface area contributed by atoms with Crippen molar-refractivity contribution >= 4 is 11.6 Å². The van der Waals surface area contributed by atoms with Gasteiger partial charge in [-0.3, -0.25) is 4.79 Å². The number of nitrogens with one attached hydrogen (secondary N) is 1. The van der Waals surface area contributed by atoms with Gasteiger partial charge in [-0.2, -0.15) is 0 Å². The second-order valence-electron chi connectivity index (χ2n) is 5.89. The van der Waals surface area contributed by atoms with E-state index in [4.69, 9.17) is 0 Å². The first kappa shape index (κ1) is 15.0. The zero-order valence-electron chi connectivity index (χ0n) is 12.3. The molecule has 110 valence electrons. The molecule has 0 heterocycles. The molecule has 0 bridgehead atoms. The number of amides is 1. The highest BCUT2D eigenvalue weighted by Gasteiger charge is 2.14. The third-order valence-corrected chi connectivity index (χ3v) is 4.18. The van der Waals surface area contributed by atoms with E-state index in [2.05, 4.69) is 5.32 Å². The average Bonchev–Trinajstić information content (AvgIpc) is 2.47. The Morgan fingerprint density at radius 2 is 1.90 bits per heavy atom. The quantitative estimate of drug-likeness (QED) is 0.852. The van der Waals surface area contributed by atoms with Crippen LogP contribution in [0.2, 0.25) is 0 Å². The van der Waals surface area contributed by atoms with Gasteiger partial charge in [0.1, 0.15) is 0 Å². The molecule has 1 aliphatic carbocycles. The van der Waals surface area contributed by atoms with E-state index >= 15 is 0 Å². The molecule has 1 aromatic rings. The summed E-state index contributed by atoms with van der Waals surface area (Å²) in [4.78, 5) is 11.9. The van der Waals surface area contributed by atoms with E-state index in [1.54, 1.807) is 6.92 Å². The van der Waals surface area contributed by atoms with Crippen molar-refractivity contribution < 1.29 is 9.90 Å². The maximum atomic E-state index is 11.9. The summed E-state index contributed by atoms with van der Waals surface area (Å²) in [5.74, 6) is 0.840. The van der Waals surface area contributed by atoms with Gasteiger partial charge in [-0.05, 0) is 37.0 Å². The lowest BCUT2D eigenvalue weighted by Gasteiger charge is -2.21. The summed E-state index contributed by atoms with van der Waals surface area (Å²) in [5.41, 5.74) is 1.67. The van der Waals surface area contributed by atoms with Crippen molar-refractivity contribution in [1.29, 1.82) is 0 Å². The second kappa shape index (κ2) is 7.44. The Bertz CT molecular complexity index is 419. The molecule has 0 spiro atoms. The van der Waals surface area contributed by atoms with E-state index in [0.29, 0.717) is 6.42 Å². The summed E-state index contributed by atoms with van der Waals surface area (Å²) in [6, 6.07) is 7.39. The molecule has 1 atom stereocenters. The van der Waals surface area contributed by atoms with Gasteiger partial charge in [0.15, 0.2) is 0 Å². The standard InChI is InChI=1S/C17H25NO2/c1-13(19)15-8-10-16(11-9-15)18-17(20)12-7-14-5-3-2-4-6-14/h8-11,13-14,19H,2-7,12H2,1H3,(H,18,20). The van der Waals surface area contributed by atoms with Crippen LogP contribution in [0, 0.1) is 5.92 Å². The van der Waals surface area contributed by atoms with Gasteiger partial charge in [0.05, 0.1) is 6.10 Å². The Labute approximate surface area is 121 Å². The summed E-state index contributed by atoms with van der Waals surface area (Å²) in [6.07, 6.45) is 7.75. The smallest absolute Gasteiger partial charge is 0.224 e. The largest absolute Gasteiger partial charge is 0.389 e. The van der Waals surface area contributed by atoms with Crippen LogP contribution >= 0.6 is 0 Å². The number of anilines is 1. The van der Waals surface area contributed by atoms with Gasteiger partial charge >= 0.3 is 0 Å². The third kappa shape index (κ3) is 4.64. The summed E-state index contributed by atoms with van der Waals surface area (Å²) in [5, 5.41) is 12.4. The molecular weight excluding hydrogens is 250 g/mol. The van der Waals surface area contributed by atoms with E-state index in [0.717, 1.165) is 23.6 Å². The fourth-order valence-electron chi connectivity index (χ4n) is 2.88. The van der Waals surface area contributed by atoms with Crippen LogP contribution in [0.1, 0.15) is 63.5 Å².